The highest BCUT2D eigenvalue weighted by molar-refractivity contribution is 7.97. The summed E-state index contributed by atoms with van der Waals surface area (Å²) in [5, 5.41) is 6.58. The van der Waals surface area contributed by atoms with Crippen molar-refractivity contribution in [2.75, 3.05) is 5.32 Å². The first-order valence-corrected chi connectivity index (χ1v) is 9.36. The SMILES string of the molecule is Cc1sc(C(=O)S)cc1-c1csc(Nc2c(Cl)cccc2Cl)n1. The molecule has 2 aromatic heterocycles. The lowest BCUT2D eigenvalue weighted by Crippen LogP contribution is -1.91. The Bertz CT molecular complexity index is 868. The number of nitrogens with zero attached hydrogens (tertiary/aromatic N) is 1. The van der Waals surface area contributed by atoms with Crippen LogP contribution in [0.25, 0.3) is 11.3 Å². The van der Waals surface area contributed by atoms with Crippen molar-refractivity contribution < 1.29 is 4.79 Å². The van der Waals surface area contributed by atoms with Gasteiger partial charge in [-0.2, -0.15) is 0 Å². The maximum atomic E-state index is 11.4. The predicted octanol–water partition coefficient (Wildman–Crippen LogP) is 6.30. The second-order valence-corrected chi connectivity index (χ2v) is 7.98. The van der Waals surface area contributed by atoms with Gasteiger partial charge in [-0.3, -0.25) is 4.79 Å². The first-order valence-electron chi connectivity index (χ1n) is 6.46. The Balaban J connectivity index is 1.91. The van der Waals surface area contributed by atoms with Crippen LogP contribution < -0.4 is 5.32 Å². The Kier molecular flexibility index (Phi) is 4.98. The molecule has 2 heterocycles. The van der Waals surface area contributed by atoms with E-state index in [2.05, 4.69) is 22.9 Å². The molecular formula is C15H10Cl2N2OS3. The Morgan fingerprint density at radius 3 is 2.61 bits per heavy atom. The smallest absolute Gasteiger partial charge is 0.226 e. The number of para-hydroxylation sites is 1. The number of aromatic nitrogens is 1. The normalized spacial score (nSPS) is 10.8. The number of nitrogens with one attached hydrogen (secondary N) is 1. The maximum Gasteiger partial charge on any atom is 0.226 e. The molecule has 3 rings (SSSR count). The molecule has 3 aromatic rings. The van der Waals surface area contributed by atoms with Crippen molar-refractivity contribution >= 4 is 74.4 Å². The molecule has 0 fully saturated rings. The van der Waals surface area contributed by atoms with Crippen LogP contribution in [0.2, 0.25) is 10.0 Å². The van der Waals surface area contributed by atoms with Gasteiger partial charge in [0.1, 0.15) is 0 Å². The van der Waals surface area contributed by atoms with Crippen LogP contribution in [0.3, 0.4) is 0 Å². The highest BCUT2D eigenvalue weighted by Crippen LogP contribution is 2.37. The van der Waals surface area contributed by atoms with Gasteiger partial charge in [0.25, 0.3) is 0 Å². The molecule has 8 heteroatoms. The molecule has 118 valence electrons. The molecule has 3 nitrogen and oxygen atoms in total. The van der Waals surface area contributed by atoms with E-state index in [1.54, 1.807) is 18.2 Å². The fraction of sp³-hybridized carbons (Fsp3) is 0.0667. The van der Waals surface area contributed by atoms with Crippen molar-refractivity contribution in [3.05, 3.63) is 49.4 Å². The molecule has 23 heavy (non-hydrogen) atoms. The predicted molar refractivity (Wildman–Crippen MR) is 103 cm³/mol. The summed E-state index contributed by atoms with van der Waals surface area (Å²) >= 11 is 19.0. The van der Waals surface area contributed by atoms with Crippen LogP contribution in [0.15, 0.2) is 29.6 Å². The number of hydrogen-bond donors (Lipinski definition) is 2. The summed E-state index contributed by atoms with van der Waals surface area (Å²) in [4.78, 5) is 17.6. The van der Waals surface area contributed by atoms with Gasteiger partial charge in [0.05, 0.1) is 26.3 Å². The number of halogens is 2. The number of anilines is 2. The summed E-state index contributed by atoms with van der Waals surface area (Å²) < 4.78 is 0. The molecule has 0 bridgehead atoms. The van der Waals surface area contributed by atoms with E-state index in [-0.39, 0.29) is 5.12 Å². The maximum absolute atomic E-state index is 11.4. The average Bonchev–Trinajstić information content (AvgIpc) is 3.09. The quantitative estimate of drug-likeness (QED) is 0.504. The van der Waals surface area contributed by atoms with Crippen LogP contribution in [0.5, 0.6) is 0 Å². The minimum Gasteiger partial charge on any atom is -0.329 e. The number of thiazole rings is 1. The zero-order valence-electron chi connectivity index (χ0n) is 11.8. The molecule has 1 aromatic carbocycles. The number of hydrogen-bond acceptors (Lipinski definition) is 5. The third-order valence-electron chi connectivity index (χ3n) is 3.10. The van der Waals surface area contributed by atoms with Crippen molar-refractivity contribution in [1.29, 1.82) is 0 Å². The largest absolute Gasteiger partial charge is 0.329 e. The fourth-order valence-electron chi connectivity index (χ4n) is 2.02. The number of aryl methyl sites for hydroxylation is 1. The van der Waals surface area contributed by atoms with Crippen LogP contribution in [0.4, 0.5) is 10.8 Å². The van der Waals surface area contributed by atoms with Crippen LogP contribution in [-0.4, -0.2) is 10.1 Å². The zero-order chi connectivity index (χ0) is 16.6. The minimum atomic E-state index is -0.235. The molecular weight excluding hydrogens is 391 g/mol. The first kappa shape index (κ1) is 16.8. The molecule has 0 aliphatic rings. The number of rotatable bonds is 4. The van der Waals surface area contributed by atoms with Crippen LogP contribution in [0.1, 0.15) is 14.5 Å². The third-order valence-corrected chi connectivity index (χ3v) is 5.93. The molecule has 0 saturated heterocycles. The van der Waals surface area contributed by atoms with E-state index in [4.69, 9.17) is 23.2 Å². The van der Waals surface area contributed by atoms with Crippen LogP contribution >= 0.6 is 58.5 Å². The summed E-state index contributed by atoms with van der Waals surface area (Å²) in [6.45, 7) is 1.96. The first-order chi connectivity index (χ1) is 11.0. The standard InChI is InChI=1S/C15H10Cl2N2OS3/c1-7-8(5-12(23-7)14(20)21)11-6-22-15(18-11)19-13-9(16)3-2-4-10(13)17/h2-6H,1H3,(H,18,19)(H,20,21). The summed E-state index contributed by atoms with van der Waals surface area (Å²) in [5.74, 6) is 0. The van der Waals surface area contributed by atoms with E-state index in [9.17, 15) is 4.79 Å². The van der Waals surface area contributed by atoms with Gasteiger partial charge < -0.3 is 5.32 Å². The van der Waals surface area contributed by atoms with E-state index >= 15 is 0 Å². The van der Waals surface area contributed by atoms with Gasteiger partial charge in [-0.05, 0) is 25.1 Å². The molecule has 0 radical (unpaired) electrons. The molecule has 0 unspecified atom stereocenters. The van der Waals surface area contributed by atoms with Gasteiger partial charge >= 0.3 is 0 Å². The Morgan fingerprint density at radius 2 is 2.00 bits per heavy atom. The molecule has 0 atom stereocenters. The lowest BCUT2D eigenvalue weighted by atomic mass is 10.2. The average molecular weight is 401 g/mol. The molecule has 0 amide bonds. The molecule has 1 N–H and O–H groups in total. The highest BCUT2D eigenvalue weighted by Gasteiger charge is 2.15. The monoisotopic (exact) mass is 400 g/mol. The highest BCUT2D eigenvalue weighted by atomic mass is 35.5. The molecule has 0 aliphatic carbocycles. The van der Waals surface area contributed by atoms with Crippen molar-refractivity contribution in [3.8, 4) is 11.3 Å². The number of carbonyl (C=O) groups excluding carboxylic acids is 1. The summed E-state index contributed by atoms with van der Waals surface area (Å²) in [7, 11) is 0. The van der Waals surface area contributed by atoms with E-state index in [1.165, 1.54) is 22.7 Å². The molecule has 0 aliphatic heterocycles. The zero-order valence-corrected chi connectivity index (χ0v) is 15.8. The second kappa shape index (κ2) is 6.83. The Morgan fingerprint density at radius 1 is 1.30 bits per heavy atom. The van der Waals surface area contributed by atoms with Crippen LogP contribution in [-0.2, 0) is 0 Å². The van der Waals surface area contributed by atoms with Crippen molar-refractivity contribution in [2.24, 2.45) is 0 Å². The van der Waals surface area contributed by atoms with Crippen molar-refractivity contribution in [2.45, 2.75) is 6.92 Å². The summed E-state index contributed by atoms with van der Waals surface area (Å²) in [6.07, 6.45) is 0. The van der Waals surface area contributed by atoms with Gasteiger partial charge in [0, 0.05) is 15.8 Å². The molecule has 0 spiro atoms. The Labute approximate surface area is 156 Å². The Hall–Kier alpha value is -1.05. The van der Waals surface area contributed by atoms with Crippen molar-refractivity contribution in [3.63, 3.8) is 0 Å². The lowest BCUT2D eigenvalue weighted by molar-refractivity contribution is 0.109. The van der Waals surface area contributed by atoms with Gasteiger partial charge in [0.2, 0.25) is 5.12 Å². The van der Waals surface area contributed by atoms with E-state index < -0.39 is 0 Å². The second-order valence-electron chi connectivity index (χ2n) is 4.65. The topological polar surface area (TPSA) is 42.0 Å². The van der Waals surface area contributed by atoms with E-state index in [1.807, 2.05) is 18.4 Å². The van der Waals surface area contributed by atoms with E-state index in [0.29, 0.717) is 25.7 Å². The van der Waals surface area contributed by atoms with Gasteiger partial charge in [-0.1, -0.05) is 41.9 Å². The van der Waals surface area contributed by atoms with Gasteiger partial charge in [-0.15, -0.1) is 22.7 Å². The number of thiophene rings is 1. The summed E-state index contributed by atoms with van der Waals surface area (Å²) in [6, 6.07) is 7.13. The number of carbonyl (C=O) groups is 1. The fourth-order valence-corrected chi connectivity index (χ4v) is 4.30. The molecule has 0 saturated carbocycles. The number of benzene rings is 1. The van der Waals surface area contributed by atoms with E-state index in [0.717, 1.165) is 16.1 Å². The van der Waals surface area contributed by atoms with Gasteiger partial charge in [-0.25, -0.2) is 4.98 Å². The number of thiol groups is 1. The summed E-state index contributed by atoms with van der Waals surface area (Å²) in [5.41, 5.74) is 2.36. The van der Waals surface area contributed by atoms with Crippen LogP contribution in [0, 0.1) is 6.92 Å². The third kappa shape index (κ3) is 3.56. The van der Waals surface area contributed by atoms with Crippen molar-refractivity contribution in [1.82, 2.24) is 4.98 Å². The van der Waals surface area contributed by atoms with Gasteiger partial charge in [0.15, 0.2) is 5.13 Å². The lowest BCUT2D eigenvalue weighted by Gasteiger charge is -2.06. The minimum absolute atomic E-state index is 0.235.